The molecule has 2 aromatic carbocycles. The second-order valence-corrected chi connectivity index (χ2v) is 5.94. The number of aryl methyl sites for hydroxylation is 3. The SMILES string of the molecule is Cc1cccc(CCc2nc3ccc(N)cc3s2)c1. The number of anilines is 1. The van der Waals surface area contributed by atoms with Crippen molar-refractivity contribution < 1.29 is 0 Å². The molecule has 96 valence electrons. The van der Waals surface area contributed by atoms with Gasteiger partial charge in [-0.3, -0.25) is 0 Å². The van der Waals surface area contributed by atoms with E-state index in [1.165, 1.54) is 20.8 Å². The topological polar surface area (TPSA) is 38.9 Å². The van der Waals surface area contributed by atoms with Gasteiger partial charge in [-0.2, -0.15) is 0 Å². The molecule has 3 rings (SSSR count). The lowest BCUT2D eigenvalue weighted by Gasteiger charge is -2.00. The third-order valence-electron chi connectivity index (χ3n) is 3.17. The van der Waals surface area contributed by atoms with Gasteiger partial charge >= 0.3 is 0 Å². The molecule has 0 aliphatic carbocycles. The number of thiazole rings is 1. The molecule has 0 atom stereocenters. The quantitative estimate of drug-likeness (QED) is 0.730. The zero-order valence-electron chi connectivity index (χ0n) is 10.9. The van der Waals surface area contributed by atoms with Crippen molar-refractivity contribution in [2.45, 2.75) is 19.8 Å². The van der Waals surface area contributed by atoms with Crippen molar-refractivity contribution in [2.75, 3.05) is 5.73 Å². The number of nitrogens with zero attached hydrogens (tertiary/aromatic N) is 1. The molecule has 0 bridgehead atoms. The highest BCUT2D eigenvalue weighted by molar-refractivity contribution is 7.18. The van der Waals surface area contributed by atoms with Crippen LogP contribution < -0.4 is 5.73 Å². The van der Waals surface area contributed by atoms with Gasteiger partial charge in [-0.05, 0) is 37.1 Å². The van der Waals surface area contributed by atoms with Crippen LogP contribution in [-0.2, 0) is 12.8 Å². The van der Waals surface area contributed by atoms with Gasteiger partial charge in [0.2, 0.25) is 0 Å². The molecule has 3 heteroatoms. The summed E-state index contributed by atoms with van der Waals surface area (Å²) in [5.41, 5.74) is 10.3. The second kappa shape index (κ2) is 5.02. The van der Waals surface area contributed by atoms with E-state index < -0.39 is 0 Å². The van der Waals surface area contributed by atoms with Crippen molar-refractivity contribution >= 4 is 27.2 Å². The summed E-state index contributed by atoms with van der Waals surface area (Å²) < 4.78 is 1.18. The van der Waals surface area contributed by atoms with Crippen LogP contribution in [0, 0.1) is 6.92 Å². The molecule has 0 spiro atoms. The van der Waals surface area contributed by atoms with Crippen LogP contribution in [0.3, 0.4) is 0 Å². The molecule has 0 radical (unpaired) electrons. The van der Waals surface area contributed by atoms with E-state index in [4.69, 9.17) is 5.73 Å². The number of hydrogen-bond donors (Lipinski definition) is 1. The molecule has 3 aromatic rings. The van der Waals surface area contributed by atoms with E-state index in [-0.39, 0.29) is 0 Å². The van der Waals surface area contributed by atoms with Crippen molar-refractivity contribution in [3.8, 4) is 0 Å². The molecule has 0 aliphatic heterocycles. The third kappa shape index (κ3) is 2.76. The molecule has 0 fully saturated rings. The van der Waals surface area contributed by atoms with Gasteiger partial charge in [-0.25, -0.2) is 4.98 Å². The first kappa shape index (κ1) is 12.2. The Kier molecular flexibility index (Phi) is 3.22. The minimum atomic E-state index is 0.807. The minimum absolute atomic E-state index is 0.807. The van der Waals surface area contributed by atoms with Crippen molar-refractivity contribution in [2.24, 2.45) is 0 Å². The fraction of sp³-hybridized carbons (Fsp3) is 0.188. The Hall–Kier alpha value is -1.87. The molecule has 19 heavy (non-hydrogen) atoms. The Balaban J connectivity index is 1.78. The van der Waals surface area contributed by atoms with Crippen LogP contribution in [0.15, 0.2) is 42.5 Å². The first-order chi connectivity index (χ1) is 9.20. The van der Waals surface area contributed by atoms with Gasteiger partial charge in [0.05, 0.1) is 15.2 Å². The Morgan fingerprint density at radius 3 is 2.84 bits per heavy atom. The van der Waals surface area contributed by atoms with E-state index in [2.05, 4.69) is 36.2 Å². The van der Waals surface area contributed by atoms with Crippen LogP contribution in [-0.4, -0.2) is 4.98 Å². The smallest absolute Gasteiger partial charge is 0.0941 e. The van der Waals surface area contributed by atoms with Gasteiger partial charge < -0.3 is 5.73 Å². The average molecular weight is 268 g/mol. The van der Waals surface area contributed by atoms with Crippen molar-refractivity contribution in [3.05, 3.63) is 58.6 Å². The third-order valence-corrected chi connectivity index (χ3v) is 4.24. The lowest BCUT2D eigenvalue weighted by molar-refractivity contribution is 0.947. The summed E-state index contributed by atoms with van der Waals surface area (Å²) in [5, 5.41) is 1.18. The number of benzene rings is 2. The van der Waals surface area contributed by atoms with Crippen LogP contribution in [0.2, 0.25) is 0 Å². The Morgan fingerprint density at radius 2 is 2.00 bits per heavy atom. The van der Waals surface area contributed by atoms with Crippen molar-refractivity contribution in [1.29, 1.82) is 0 Å². The minimum Gasteiger partial charge on any atom is -0.399 e. The lowest BCUT2D eigenvalue weighted by atomic mass is 10.1. The predicted molar refractivity (Wildman–Crippen MR) is 82.6 cm³/mol. The van der Waals surface area contributed by atoms with Gasteiger partial charge in [-0.15, -0.1) is 11.3 Å². The molecule has 0 unspecified atom stereocenters. The highest BCUT2D eigenvalue weighted by Gasteiger charge is 2.04. The van der Waals surface area contributed by atoms with Crippen LogP contribution in [0.1, 0.15) is 16.1 Å². The standard InChI is InChI=1S/C16H16N2S/c1-11-3-2-4-12(9-11)5-8-16-18-14-7-6-13(17)10-15(14)19-16/h2-4,6-7,9-10H,5,8,17H2,1H3. The van der Waals surface area contributed by atoms with E-state index >= 15 is 0 Å². The molecular weight excluding hydrogens is 252 g/mol. The number of hydrogen-bond acceptors (Lipinski definition) is 3. The predicted octanol–water partition coefficient (Wildman–Crippen LogP) is 3.97. The summed E-state index contributed by atoms with van der Waals surface area (Å²) >= 11 is 1.74. The monoisotopic (exact) mass is 268 g/mol. The zero-order valence-corrected chi connectivity index (χ0v) is 11.7. The van der Waals surface area contributed by atoms with Crippen LogP contribution >= 0.6 is 11.3 Å². The fourth-order valence-electron chi connectivity index (χ4n) is 2.21. The Labute approximate surface area is 116 Å². The first-order valence-electron chi connectivity index (χ1n) is 6.41. The lowest BCUT2D eigenvalue weighted by Crippen LogP contribution is -1.90. The summed E-state index contributed by atoms with van der Waals surface area (Å²) in [4.78, 5) is 4.65. The van der Waals surface area contributed by atoms with E-state index in [1.54, 1.807) is 11.3 Å². The Morgan fingerprint density at radius 1 is 1.11 bits per heavy atom. The fourth-order valence-corrected chi connectivity index (χ4v) is 3.23. The molecule has 0 saturated carbocycles. The number of aromatic nitrogens is 1. The summed E-state index contributed by atoms with van der Waals surface area (Å²) in [7, 11) is 0. The Bertz CT molecular complexity index is 716. The zero-order chi connectivity index (χ0) is 13.2. The molecule has 1 heterocycles. The van der Waals surface area contributed by atoms with Crippen LogP contribution in [0.4, 0.5) is 5.69 Å². The van der Waals surface area contributed by atoms with Crippen LogP contribution in [0.5, 0.6) is 0 Å². The molecule has 1 aromatic heterocycles. The average Bonchev–Trinajstić information content (AvgIpc) is 2.78. The van der Waals surface area contributed by atoms with E-state index in [0.717, 1.165) is 24.0 Å². The molecule has 0 saturated heterocycles. The summed E-state index contributed by atoms with van der Waals surface area (Å²) in [6, 6.07) is 14.6. The van der Waals surface area contributed by atoms with Gasteiger partial charge in [0.25, 0.3) is 0 Å². The maximum absolute atomic E-state index is 5.79. The maximum Gasteiger partial charge on any atom is 0.0941 e. The largest absolute Gasteiger partial charge is 0.399 e. The highest BCUT2D eigenvalue weighted by atomic mass is 32.1. The second-order valence-electron chi connectivity index (χ2n) is 4.82. The van der Waals surface area contributed by atoms with Gasteiger partial charge in [-0.1, -0.05) is 29.8 Å². The van der Waals surface area contributed by atoms with Crippen molar-refractivity contribution in [1.82, 2.24) is 4.98 Å². The molecule has 0 aliphatic rings. The highest BCUT2D eigenvalue weighted by Crippen LogP contribution is 2.25. The first-order valence-corrected chi connectivity index (χ1v) is 7.23. The van der Waals surface area contributed by atoms with Crippen molar-refractivity contribution in [3.63, 3.8) is 0 Å². The van der Waals surface area contributed by atoms with E-state index in [1.807, 2.05) is 18.2 Å². The summed E-state index contributed by atoms with van der Waals surface area (Å²) in [6.45, 7) is 2.13. The number of rotatable bonds is 3. The van der Waals surface area contributed by atoms with E-state index in [9.17, 15) is 0 Å². The number of fused-ring (bicyclic) bond motifs is 1. The molecule has 0 amide bonds. The van der Waals surface area contributed by atoms with E-state index in [0.29, 0.717) is 0 Å². The summed E-state index contributed by atoms with van der Waals surface area (Å²) in [5.74, 6) is 0. The van der Waals surface area contributed by atoms with Gasteiger partial charge in [0, 0.05) is 12.1 Å². The maximum atomic E-state index is 5.79. The number of nitrogens with two attached hydrogens (primary N) is 1. The van der Waals surface area contributed by atoms with Gasteiger partial charge in [0.1, 0.15) is 0 Å². The van der Waals surface area contributed by atoms with Gasteiger partial charge in [0.15, 0.2) is 0 Å². The number of nitrogen functional groups attached to an aromatic ring is 1. The molecule has 2 N–H and O–H groups in total. The van der Waals surface area contributed by atoms with Crippen LogP contribution in [0.25, 0.3) is 10.2 Å². The normalized spacial score (nSPS) is 11.0. The summed E-state index contributed by atoms with van der Waals surface area (Å²) in [6.07, 6.45) is 2.03. The molecule has 2 nitrogen and oxygen atoms in total. The molecular formula is C16H16N2S.